The summed E-state index contributed by atoms with van der Waals surface area (Å²) in [5.41, 5.74) is 0.159. The normalized spacial score (nSPS) is 10.8. The first-order valence-electron chi connectivity index (χ1n) is 6.34. The predicted octanol–water partition coefficient (Wildman–Crippen LogP) is 0.398. The highest BCUT2D eigenvalue weighted by Gasteiger charge is 2.11. The number of ether oxygens (including phenoxy) is 1. The molecule has 2 aromatic heterocycles. The van der Waals surface area contributed by atoms with Gasteiger partial charge in [-0.15, -0.1) is 0 Å². The first-order valence-corrected chi connectivity index (χ1v) is 6.34. The molecule has 3 aromatic rings. The zero-order valence-corrected chi connectivity index (χ0v) is 11.8. The van der Waals surface area contributed by atoms with Gasteiger partial charge in [0, 0.05) is 12.6 Å². The quantitative estimate of drug-likeness (QED) is 0.708. The monoisotopic (exact) mass is 300 g/mol. The fourth-order valence-electron chi connectivity index (χ4n) is 2.09. The zero-order valence-electron chi connectivity index (χ0n) is 11.8. The molecular formula is C14H12N4O4. The lowest BCUT2D eigenvalue weighted by atomic mass is 10.1. The Balaban J connectivity index is 2.25. The summed E-state index contributed by atoms with van der Waals surface area (Å²) < 4.78 is 6.25. The van der Waals surface area contributed by atoms with Gasteiger partial charge in [-0.25, -0.2) is 14.8 Å². The number of fused-ring (bicyclic) bond motifs is 1. The van der Waals surface area contributed by atoms with E-state index < -0.39 is 11.2 Å². The van der Waals surface area contributed by atoms with E-state index in [2.05, 4.69) is 15.0 Å². The number of hydrogen-bond acceptors (Lipinski definition) is 6. The molecule has 0 saturated carbocycles. The number of benzene rings is 1. The van der Waals surface area contributed by atoms with E-state index in [1.54, 1.807) is 12.1 Å². The number of hydrogen-bond donors (Lipinski definition) is 2. The molecule has 0 aliphatic heterocycles. The summed E-state index contributed by atoms with van der Waals surface area (Å²) in [7, 11) is 2.93. The first-order chi connectivity index (χ1) is 10.5. The number of methoxy groups -OCH3 is 1. The van der Waals surface area contributed by atoms with Crippen molar-refractivity contribution in [2.45, 2.75) is 0 Å². The largest absolute Gasteiger partial charge is 0.504 e. The van der Waals surface area contributed by atoms with Gasteiger partial charge < -0.3 is 9.84 Å². The van der Waals surface area contributed by atoms with Gasteiger partial charge in [-0.05, 0) is 18.2 Å². The molecule has 0 spiro atoms. The fraction of sp³-hybridized carbons (Fsp3) is 0.143. The standard InChI is InChI=1S/C14H12N4O4/c1-18-12-11(13(20)17-14(18)21)16-8(6-15-12)7-3-4-9(19)10(5-7)22-2/h3-6,19H,1-2H3,(H,17,20,21). The highest BCUT2D eigenvalue weighted by atomic mass is 16.5. The molecule has 22 heavy (non-hydrogen) atoms. The minimum atomic E-state index is -0.599. The van der Waals surface area contributed by atoms with Crippen molar-refractivity contribution in [3.8, 4) is 22.8 Å². The van der Waals surface area contributed by atoms with Gasteiger partial charge in [0.05, 0.1) is 19.0 Å². The summed E-state index contributed by atoms with van der Waals surface area (Å²) in [5.74, 6) is 0.286. The van der Waals surface area contributed by atoms with Crippen LogP contribution in [-0.4, -0.2) is 31.7 Å². The maximum atomic E-state index is 11.9. The van der Waals surface area contributed by atoms with Gasteiger partial charge in [0.2, 0.25) is 0 Å². The van der Waals surface area contributed by atoms with Gasteiger partial charge >= 0.3 is 5.69 Å². The van der Waals surface area contributed by atoms with Crippen LogP contribution in [0.1, 0.15) is 0 Å². The Morgan fingerprint density at radius 3 is 2.82 bits per heavy atom. The highest BCUT2D eigenvalue weighted by molar-refractivity contribution is 5.73. The Kier molecular flexibility index (Phi) is 3.13. The molecule has 0 aliphatic rings. The van der Waals surface area contributed by atoms with Crippen molar-refractivity contribution in [2.75, 3.05) is 7.11 Å². The van der Waals surface area contributed by atoms with Crippen LogP contribution in [0.2, 0.25) is 0 Å². The summed E-state index contributed by atoms with van der Waals surface area (Å²) in [5, 5.41) is 9.61. The van der Waals surface area contributed by atoms with Gasteiger partial charge in [0.1, 0.15) is 0 Å². The van der Waals surface area contributed by atoms with Crippen LogP contribution in [0.15, 0.2) is 34.0 Å². The third kappa shape index (κ3) is 2.10. The van der Waals surface area contributed by atoms with E-state index in [-0.39, 0.29) is 22.7 Å². The smallest absolute Gasteiger partial charge is 0.329 e. The molecule has 3 rings (SSSR count). The molecule has 2 heterocycles. The number of phenols is 1. The van der Waals surface area contributed by atoms with Crippen molar-refractivity contribution in [3.63, 3.8) is 0 Å². The topological polar surface area (TPSA) is 110 Å². The summed E-state index contributed by atoms with van der Waals surface area (Å²) in [4.78, 5) is 34.0. The van der Waals surface area contributed by atoms with Crippen LogP contribution in [0.5, 0.6) is 11.5 Å². The van der Waals surface area contributed by atoms with E-state index in [4.69, 9.17) is 4.74 Å². The molecular weight excluding hydrogens is 288 g/mol. The minimum Gasteiger partial charge on any atom is -0.504 e. The average Bonchev–Trinajstić information content (AvgIpc) is 2.53. The molecule has 0 radical (unpaired) electrons. The molecule has 0 unspecified atom stereocenters. The maximum Gasteiger partial charge on any atom is 0.329 e. The Morgan fingerprint density at radius 2 is 2.09 bits per heavy atom. The predicted molar refractivity (Wildman–Crippen MR) is 79.1 cm³/mol. The number of aryl methyl sites for hydroxylation is 1. The van der Waals surface area contributed by atoms with E-state index in [0.29, 0.717) is 11.3 Å². The summed E-state index contributed by atoms with van der Waals surface area (Å²) >= 11 is 0. The van der Waals surface area contributed by atoms with Crippen LogP contribution in [-0.2, 0) is 7.05 Å². The van der Waals surface area contributed by atoms with E-state index in [9.17, 15) is 14.7 Å². The van der Waals surface area contributed by atoms with Crippen molar-refractivity contribution in [1.29, 1.82) is 0 Å². The highest BCUT2D eigenvalue weighted by Crippen LogP contribution is 2.30. The number of H-pyrrole nitrogens is 1. The molecule has 0 amide bonds. The molecule has 0 saturated heterocycles. The van der Waals surface area contributed by atoms with Crippen molar-refractivity contribution in [2.24, 2.45) is 7.05 Å². The number of nitrogens with one attached hydrogen (secondary N) is 1. The minimum absolute atomic E-state index is 0.000224. The molecule has 0 bridgehead atoms. The van der Waals surface area contributed by atoms with E-state index >= 15 is 0 Å². The van der Waals surface area contributed by atoms with Crippen LogP contribution in [0.25, 0.3) is 22.4 Å². The molecule has 2 N–H and O–H groups in total. The first kappa shape index (κ1) is 13.8. The summed E-state index contributed by atoms with van der Waals surface area (Å²) in [6.07, 6.45) is 1.45. The lowest BCUT2D eigenvalue weighted by molar-refractivity contribution is 0.373. The van der Waals surface area contributed by atoms with Crippen molar-refractivity contribution in [1.82, 2.24) is 19.5 Å². The lowest BCUT2D eigenvalue weighted by Gasteiger charge is -2.07. The number of rotatable bonds is 2. The SMILES string of the molecule is COc1cc(-c2cnc3c(n2)c(=O)[nH]c(=O)n3C)ccc1O. The van der Waals surface area contributed by atoms with E-state index in [1.165, 1.54) is 31.0 Å². The number of aromatic amines is 1. The molecule has 8 heteroatoms. The number of aromatic nitrogens is 4. The second-order valence-electron chi connectivity index (χ2n) is 4.63. The molecule has 0 fully saturated rings. The van der Waals surface area contributed by atoms with Crippen LogP contribution >= 0.6 is 0 Å². The van der Waals surface area contributed by atoms with E-state index in [0.717, 1.165) is 0 Å². The number of nitrogens with zero attached hydrogens (tertiary/aromatic N) is 3. The second kappa shape index (κ2) is 4.99. The van der Waals surface area contributed by atoms with Crippen LogP contribution in [0.3, 0.4) is 0 Å². The van der Waals surface area contributed by atoms with Gasteiger partial charge in [0.15, 0.2) is 22.7 Å². The molecule has 8 nitrogen and oxygen atoms in total. The lowest BCUT2D eigenvalue weighted by Crippen LogP contribution is -2.29. The van der Waals surface area contributed by atoms with Gasteiger partial charge in [-0.2, -0.15) is 0 Å². The Bertz CT molecular complexity index is 990. The second-order valence-corrected chi connectivity index (χ2v) is 4.63. The van der Waals surface area contributed by atoms with E-state index in [1.807, 2.05) is 0 Å². The summed E-state index contributed by atoms with van der Waals surface area (Å²) in [6, 6.07) is 4.68. The number of aromatic hydroxyl groups is 1. The Hall–Kier alpha value is -3.16. The van der Waals surface area contributed by atoms with Crippen LogP contribution in [0.4, 0.5) is 0 Å². The van der Waals surface area contributed by atoms with Crippen molar-refractivity contribution in [3.05, 3.63) is 45.2 Å². The van der Waals surface area contributed by atoms with Crippen molar-refractivity contribution >= 4 is 11.2 Å². The number of phenolic OH excluding ortho intramolecular Hbond substituents is 1. The van der Waals surface area contributed by atoms with Gasteiger partial charge in [-0.1, -0.05) is 0 Å². The average molecular weight is 300 g/mol. The molecule has 0 aliphatic carbocycles. The molecule has 1 aromatic carbocycles. The fourth-order valence-corrected chi connectivity index (χ4v) is 2.09. The molecule has 112 valence electrons. The van der Waals surface area contributed by atoms with Crippen LogP contribution in [0, 0.1) is 0 Å². The van der Waals surface area contributed by atoms with Crippen molar-refractivity contribution < 1.29 is 9.84 Å². The third-order valence-electron chi connectivity index (χ3n) is 3.29. The third-order valence-corrected chi connectivity index (χ3v) is 3.29. The Labute approximate surface area is 123 Å². The van der Waals surface area contributed by atoms with Gasteiger partial charge in [0.25, 0.3) is 5.56 Å². The zero-order chi connectivity index (χ0) is 15.9. The molecule has 0 atom stereocenters. The van der Waals surface area contributed by atoms with Crippen LogP contribution < -0.4 is 16.0 Å². The van der Waals surface area contributed by atoms with Gasteiger partial charge in [-0.3, -0.25) is 14.3 Å². The Morgan fingerprint density at radius 1 is 1.32 bits per heavy atom. The maximum absolute atomic E-state index is 11.9. The summed E-state index contributed by atoms with van der Waals surface area (Å²) in [6.45, 7) is 0.